The molecule has 62 valence electrons. The second-order valence-electron chi connectivity index (χ2n) is 2.66. The lowest BCUT2D eigenvalue weighted by molar-refractivity contribution is 0.938. The summed E-state index contributed by atoms with van der Waals surface area (Å²) < 4.78 is 0. The third-order valence-corrected chi connectivity index (χ3v) is 1.54. The lowest BCUT2D eigenvalue weighted by atomic mass is 10.1. The van der Waals surface area contributed by atoms with Gasteiger partial charge in [-0.2, -0.15) is 0 Å². The van der Waals surface area contributed by atoms with Crippen molar-refractivity contribution in [2.24, 2.45) is 0 Å². The van der Waals surface area contributed by atoms with E-state index in [0.717, 1.165) is 18.4 Å². The number of hydrogen-bond acceptors (Lipinski definition) is 0. The van der Waals surface area contributed by atoms with Crippen molar-refractivity contribution >= 4 is 0 Å². The topological polar surface area (TPSA) is 0 Å². The molecule has 0 aliphatic heterocycles. The van der Waals surface area contributed by atoms with E-state index in [1.807, 2.05) is 6.08 Å². The first-order valence-electron chi connectivity index (χ1n) is 4.26. The van der Waals surface area contributed by atoms with Crippen LogP contribution in [0.2, 0.25) is 0 Å². The number of allylic oxidation sites excluding steroid dienone is 4. The second kappa shape index (κ2) is 7.33. The Bertz CT molecular complexity index is 140. The van der Waals surface area contributed by atoms with Crippen LogP contribution in [0.15, 0.2) is 37.0 Å². The third-order valence-electron chi connectivity index (χ3n) is 1.54. The van der Waals surface area contributed by atoms with Crippen LogP contribution >= 0.6 is 0 Å². The van der Waals surface area contributed by atoms with E-state index in [1.165, 1.54) is 12.8 Å². The summed E-state index contributed by atoms with van der Waals surface area (Å²) in [6.45, 7) is 9.68. The summed E-state index contributed by atoms with van der Waals surface area (Å²) in [6.07, 6.45) is 10.9. The summed E-state index contributed by atoms with van der Waals surface area (Å²) in [4.78, 5) is 0. The Balaban J connectivity index is 3.26. The van der Waals surface area contributed by atoms with E-state index in [2.05, 4.69) is 32.2 Å². The van der Waals surface area contributed by atoms with Crippen LogP contribution in [0.3, 0.4) is 0 Å². The van der Waals surface area contributed by atoms with Gasteiger partial charge in [0.05, 0.1) is 0 Å². The quantitative estimate of drug-likeness (QED) is 0.398. The molecule has 0 amide bonds. The van der Waals surface area contributed by atoms with E-state index >= 15 is 0 Å². The monoisotopic (exact) mass is 150 g/mol. The minimum atomic E-state index is 1.05. The molecule has 0 N–H and O–H groups in total. The average molecular weight is 150 g/mol. The highest BCUT2D eigenvalue weighted by atomic mass is 13.9. The molecule has 0 aromatic rings. The fourth-order valence-electron chi connectivity index (χ4n) is 0.773. The van der Waals surface area contributed by atoms with E-state index in [1.54, 1.807) is 0 Å². The lowest BCUT2D eigenvalue weighted by Crippen LogP contribution is -1.73. The molecule has 0 aromatic carbocycles. The summed E-state index contributed by atoms with van der Waals surface area (Å²) in [5.41, 5.74) is 1.13. The summed E-state index contributed by atoms with van der Waals surface area (Å²) in [6, 6.07) is 0. The first-order valence-corrected chi connectivity index (χ1v) is 4.26. The molecule has 0 saturated carbocycles. The molecule has 0 saturated heterocycles. The molecule has 0 atom stereocenters. The fraction of sp³-hybridized carbons (Fsp3) is 0.455. The molecule has 0 radical (unpaired) electrons. The standard InChI is InChI=1S/C11H18/c1-4-6-7-8-9-10-11(3)5-2/h5,7-8H,2-4,6,9-10H2,1H3/b8-7+. The Hall–Kier alpha value is -0.780. The maximum atomic E-state index is 3.84. The van der Waals surface area contributed by atoms with E-state index < -0.39 is 0 Å². The maximum Gasteiger partial charge on any atom is -0.0250 e. The summed E-state index contributed by atoms with van der Waals surface area (Å²) in [5.74, 6) is 0. The van der Waals surface area contributed by atoms with Gasteiger partial charge < -0.3 is 0 Å². The molecule has 11 heavy (non-hydrogen) atoms. The van der Waals surface area contributed by atoms with Crippen LogP contribution in [0.25, 0.3) is 0 Å². The zero-order valence-electron chi connectivity index (χ0n) is 7.47. The number of unbranched alkanes of at least 4 members (excludes halogenated alkanes) is 1. The molecule has 0 heteroatoms. The Morgan fingerprint density at radius 1 is 1.27 bits per heavy atom. The third kappa shape index (κ3) is 7.11. The van der Waals surface area contributed by atoms with Gasteiger partial charge in [-0.15, -0.1) is 0 Å². The van der Waals surface area contributed by atoms with Crippen LogP contribution in [-0.4, -0.2) is 0 Å². The molecule has 0 rings (SSSR count). The molecule has 0 nitrogen and oxygen atoms in total. The van der Waals surface area contributed by atoms with E-state index in [-0.39, 0.29) is 0 Å². The van der Waals surface area contributed by atoms with Gasteiger partial charge in [0.1, 0.15) is 0 Å². The van der Waals surface area contributed by atoms with Gasteiger partial charge in [0.25, 0.3) is 0 Å². The van der Waals surface area contributed by atoms with Crippen LogP contribution in [0.5, 0.6) is 0 Å². The molecule has 0 bridgehead atoms. The maximum absolute atomic E-state index is 3.84. The summed E-state index contributed by atoms with van der Waals surface area (Å²) in [5, 5.41) is 0. The van der Waals surface area contributed by atoms with E-state index in [9.17, 15) is 0 Å². The largest absolute Gasteiger partial charge is 0.0988 e. The van der Waals surface area contributed by atoms with Crippen molar-refractivity contribution in [2.45, 2.75) is 32.6 Å². The molecule has 0 unspecified atom stereocenters. The van der Waals surface area contributed by atoms with Gasteiger partial charge in [-0.1, -0.05) is 50.3 Å². The zero-order chi connectivity index (χ0) is 8.53. The average Bonchev–Trinajstić information content (AvgIpc) is 2.04. The van der Waals surface area contributed by atoms with Crippen molar-refractivity contribution in [1.29, 1.82) is 0 Å². The SMILES string of the molecule is C=CC(=C)CC/C=C/CCC. The Morgan fingerprint density at radius 3 is 2.45 bits per heavy atom. The van der Waals surface area contributed by atoms with Gasteiger partial charge in [-0.05, 0) is 19.3 Å². The van der Waals surface area contributed by atoms with Crippen molar-refractivity contribution in [3.63, 3.8) is 0 Å². The van der Waals surface area contributed by atoms with Crippen LogP contribution in [0, 0.1) is 0 Å². The van der Waals surface area contributed by atoms with Crippen LogP contribution in [-0.2, 0) is 0 Å². The molecule has 0 fully saturated rings. The molecule has 0 spiro atoms. The van der Waals surface area contributed by atoms with Crippen molar-refractivity contribution in [1.82, 2.24) is 0 Å². The van der Waals surface area contributed by atoms with Gasteiger partial charge >= 0.3 is 0 Å². The highest BCUT2D eigenvalue weighted by molar-refractivity contribution is 5.11. The summed E-state index contributed by atoms with van der Waals surface area (Å²) in [7, 11) is 0. The van der Waals surface area contributed by atoms with Gasteiger partial charge in [0, 0.05) is 0 Å². The molecule has 0 aromatic heterocycles. The number of rotatable bonds is 6. The fourth-order valence-corrected chi connectivity index (χ4v) is 0.773. The summed E-state index contributed by atoms with van der Waals surface area (Å²) >= 11 is 0. The molecule has 0 heterocycles. The highest BCUT2D eigenvalue weighted by Crippen LogP contribution is 2.03. The van der Waals surface area contributed by atoms with Crippen molar-refractivity contribution in [3.05, 3.63) is 37.0 Å². The van der Waals surface area contributed by atoms with Crippen LogP contribution in [0.1, 0.15) is 32.6 Å². The Kier molecular flexibility index (Phi) is 6.81. The first-order chi connectivity index (χ1) is 5.31. The predicted octanol–water partition coefficient (Wildman–Crippen LogP) is 3.87. The predicted molar refractivity (Wildman–Crippen MR) is 52.6 cm³/mol. The van der Waals surface area contributed by atoms with Crippen LogP contribution < -0.4 is 0 Å². The van der Waals surface area contributed by atoms with Crippen molar-refractivity contribution in [3.8, 4) is 0 Å². The van der Waals surface area contributed by atoms with E-state index in [0.29, 0.717) is 0 Å². The first kappa shape index (κ1) is 10.2. The normalized spacial score (nSPS) is 10.3. The smallest absolute Gasteiger partial charge is 0.0250 e. The van der Waals surface area contributed by atoms with Crippen molar-refractivity contribution in [2.75, 3.05) is 0 Å². The minimum absolute atomic E-state index is 1.05. The molecule has 0 aliphatic carbocycles. The molecular formula is C11H18. The van der Waals surface area contributed by atoms with Gasteiger partial charge in [0.2, 0.25) is 0 Å². The van der Waals surface area contributed by atoms with Crippen LogP contribution in [0.4, 0.5) is 0 Å². The minimum Gasteiger partial charge on any atom is -0.0988 e. The second-order valence-corrected chi connectivity index (χ2v) is 2.66. The van der Waals surface area contributed by atoms with Gasteiger partial charge in [-0.25, -0.2) is 0 Å². The highest BCUT2D eigenvalue weighted by Gasteiger charge is 1.83. The Labute approximate surface area is 70.3 Å². The van der Waals surface area contributed by atoms with E-state index in [4.69, 9.17) is 0 Å². The van der Waals surface area contributed by atoms with Gasteiger partial charge in [-0.3, -0.25) is 0 Å². The zero-order valence-corrected chi connectivity index (χ0v) is 7.47. The van der Waals surface area contributed by atoms with Gasteiger partial charge in [0.15, 0.2) is 0 Å². The molecule has 0 aliphatic rings. The lowest BCUT2D eigenvalue weighted by Gasteiger charge is -1.93. The number of hydrogen-bond donors (Lipinski definition) is 0. The Morgan fingerprint density at radius 2 is 1.91 bits per heavy atom. The van der Waals surface area contributed by atoms with Crippen molar-refractivity contribution < 1.29 is 0 Å². The molecular weight excluding hydrogens is 132 g/mol.